The van der Waals surface area contributed by atoms with Gasteiger partial charge in [0.2, 0.25) is 5.91 Å². The first-order valence-corrected chi connectivity index (χ1v) is 10.1. The maximum Gasteiger partial charge on any atom is 0.231 e. The predicted molar refractivity (Wildman–Crippen MR) is 120 cm³/mol. The molecule has 4 aromatic rings. The first-order valence-electron chi connectivity index (χ1n) is 10.1. The van der Waals surface area contributed by atoms with Crippen molar-refractivity contribution >= 4 is 11.7 Å². The fourth-order valence-corrected chi connectivity index (χ4v) is 3.92. The number of benzene rings is 3. The zero-order valence-corrected chi connectivity index (χ0v) is 17.4. The molecule has 4 rings (SSSR count). The van der Waals surface area contributed by atoms with Gasteiger partial charge in [-0.25, -0.2) is 5.10 Å². The highest BCUT2D eigenvalue weighted by atomic mass is 16.1. The molecule has 1 unspecified atom stereocenters. The largest absolute Gasteiger partial charge is 0.369 e. The Hall–Kier alpha value is -4.17. The van der Waals surface area contributed by atoms with Crippen molar-refractivity contribution in [3.63, 3.8) is 0 Å². The van der Waals surface area contributed by atoms with E-state index >= 15 is 0 Å². The van der Waals surface area contributed by atoms with Crippen LogP contribution in [0.4, 0.5) is 0 Å². The maximum atomic E-state index is 13.0. The molecule has 0 aliphatic rings. The van der Waals surface area contributed by atoms with Crippen molar-refractivity contribution < 1.29 is 9.59 Å². The van der Waals surface area contributed by atoms with Crippen LogP contribution in [0.25, 0.3) is 22.5 Å². The lowest BCUT2D eigenvalue weighted by molar-refractivity contribution is -0.122. The van der Waals surface area contributed by atoms with Gasteiger partial charge in [0, 0.05) is 5.56 Å². The zero-order valence-electron chi connectivity index (χ0n) is 17.4. The molecule has 0 aliphatic carbocycles. The Morgan fingerprint density at radius 1 is 0.906 bits per heavy atom. The molecule has 1 heterocycles. The summed E-state index contributed by atoms with van der Waals surface area (Å²) in [5.41, 5.74) is 8.35. The van der Waals surface area contributed by atoms with Gasteiger partial charge in [0.05, 0.1) is 6.54 Å². The molecule has 32 heavy (non-hydrogen) atoms. The van der Waals surface area contributed by atoms with E-state index in [1.165, 1.54) is 6.92 Å². The summed E-state index contributed by atoms with van der Waals surface area (Å²) in [7, 11) is 0. The first-order chi connectivity index (χ1) is 15.5. The minimum atomic E-state index is -1.21. The van der Waals surface area contributed by atoms with Crippen LogP contribution in [0.1, 0.15) is 18.1 Å². The molecule has 0 aliphatic heterocycles. The molecule has 0 bridgehead atoms. The highest BCUT2D eigenvalue weighted by Gasteiger charge is 2.39. The lowest BCUT2D eigenvalue weighted by Gasteiger charge is -2.33. The van der Waals surface area contributed by atoms with Crippen LogP contribution in [0, 0.1) is 0 Å². The number of rotatable bonds is 8. The molecule has 1 amide bonds. The van der Waals surface area contributed by atoms with Crippen LogP contribution in [-0.2, 0) is 15.1 Å². The topological polar surface area (TPSA) is 127 Å². The Morgan fingerprint density at radius 2 is 1.53 bits per heavy atom. The Bertz CT molecular complexity index is 1220. The smallest absolute Gasteiger partial charge is 0.231 e. The van der Waals surface area contributed by atoms with E-state index in [9.17, 15) is 9.59 Å². The van der Waals surface area contributed by atoms with Gasteiger partial charge >= 0.3 is 0 Å². The molecule has 0 spiro atoms. The number of carbonyl (C=O) groups is 2. The molecule has 0 saturated carbocycles. The van der Waals surface area contributed by atoms with E-state index < -0.39 is 11.4 Å². The summed E-state index contributed by atoms with van der Waals surface area (Å²) in [6.07, 6.45) is 0. The second kappa shape index (κ2) is 8.91. The SMILES string of the molecule is CC(=O)C(NCC(N)=O)(c1ccccc1)c1ccc(-c2ccccc2-c2nnn[nH]2)cc1. The normalized spacial score (nSPS) is 12.8. The molecular weight excluding hydrogens is 404 g/mol. The number of Topliss-reactive ketones (excluding diaryl/α,β-unsaturated/α-hetero) is 1. The van der Waals surface area contributed by atoms with Gasteiger partial charge in [-0.05, 0) is 39.6 Å². The van der Waals surface area contributed by atoms with Crippen molar-refractivity contribution in [2.24, 2.45) is 5.73 Å². The van der Waals surface area contributed by atoms with Crippen molar-refractivity contribution in [2.45, 2.75) is 12.5 Å². The van der Waals surface area contributed by atoms with Crippen molar-refractivity contribution in [1.82, 2.24) is 25.9 Å². The number of H-pyrrole nitrogens is 1. The second-order valence-electron chi connectivity index (χ2n) is 7.36. The maximum absolute atomic E-state index is 13.0. The minimum Gasteiger partial charge on any atom is -0.369 e. The summed E-state index contributed by atoms with van der Waals surface area (Å²) in [5, 5.41) is 17.2. The number of carbonyl (C=O) groups excluding carboxylic acids is 2. The summed E-state index contributed by atoms with van der Waals surface area (Å²) in [6.45, 7) is 1.36. The Morgan fingerprint density at radius 3 is 2.12 bits per heavy atom. The Kier molecular flexibility index (Phi) is 5.87. The molecule has 0 saturated heterocycles. The van der Waals surface area contributed by atoms with Crippen molar-refractivity contribution in [1.29, 1.82) is 0 Å². The standard InChI is InChI=1S/C24H22N6O2/c1-16(31)24(26-15-22(25)32,18-7-3-2-4-8-18)19-13-11-17(12-14-19)20-9-5-6-10-21(20)23-27-29-30-28-23/h2-14,26H,15H2,1H3,(H2,25,32)(H,27,28,29,30). The average molecular weight is 426 g/mol. The number of hydrogen-bond acceptors (Lipinski definition) is 6. The minimum absolute atomic E-state index is 0.141. The number of nitrogens with two attached hydrogens (primary N) is 1. The molecule has 0 radical (unpaired) electrons. The summed E-state index contributed by atoms with van der Waals surface area (Å²) >= 11 is 0. The molecular formula is C24H22N6O2. The molecule has 8 nitrogen and oxygen atoms in total. The molecule has 1 atom stereocenters. The van der Waals surface area contributed by atoms with Crippen LogP contribution >= 0.6 is 0 Å². The van der Waals surface area contributed by atoms with Crippen molar-refractivity contribution in [3.8, 4) is 22.5 Å². The number of amides is 1. The van der Waals surface area contributed by atoms with E-state index in [2.05, 4.69) is 25.9 Å². The van der Waals surface area contributed by atoms with Gasteiger partial charge in [0.25, 0.3) is 0 Å². The van der Waals surface area contributed by atoms with Gasteiger partial charge in [0.1, 0.15) is 5.54 Å². The van der Waals surface area contributed by atoms with E-state index in [-0.39, 0.29) is 12.3 Å². The fourth-order valence-electron chi connectivity index (χ4n) is 3.92. The molecule has 1 aromatic heterocycles. The number of hydrogen-bond donors (Lipinski definition) is 3. The van der Waals surface area contributed by atoms with Crippen LogP contribution in [-0.4, -0.2) is 38.9 Å². The molecule has 4 N–H and O–H groups in total. The van der Waals surface area contributed by atoms with Crippen LogP contribution in [0.5, 0.6) is 0 Å². The monoisotopic (exact) mass is 426 g/mol. The Labute approximate surface area is 184 Å². The average Bonchev–Trinajstić information content (AvgIpc) is 3.35. The van der Waals surface area contributed by atoms with Crippen LogP contribution in [0.15, 0.2) is 78.9 Å². The first kappa shape index (κ1) is 21.1. The highest BCUT2D eigenvalue weighted by Crippen LogP contribution is 2.34. The summed E-state index contributed by atoms with van der Waals surface area (Å²) in [6, 6.07) is 24.7. The summed E-state index contributed by atoms with van der Waals surface area (Å²) in [4.78, 5) is 24.6. The van der Waals surface area contributed by atoms with E-state index in [4.69, 9.17) is 5.73 Å². The van der Waals surface area contributed by atoms with Crippen molar-refractivity contribution in [2.75, 3.05) is 6.54 Å². The van der Waals surface area contributed by atoms with Crippen LogP contribution < -0.4 is 11.1 Å². The quantitative estimate of drug-likeness (QED) is 0.397. The number of ketones is 1. The number of nitrogens with one attached hydrogen (secondary N) is 2. The van der Waals surface area contributed by atoms with Gasteiger partial charge < -0.3 is 5.73 Å². The van der Waals surface area contributed by atoms with Gasteiger partial charge in [0.15, 0.2) is 11.6 Å². The van der Waals surface area contributed by atoms with Gasteiger partial charge in [-0.1, -0.05) is 78.9 Å². The molecule has 3 aromatic carbocycles. The third-order valence-electron chi connectivity index (χ3n) is 5.42. The fraction of sp³-hybridized carbons (Fsp3) is 0.125. The van der Waals surface area contributed by atoms with Crippen LogP contribution in [0.3, 0.4) is 0 Å². The molecule has 8 heteroatoms. The Balaban J connectivity index is 1.80. The van der Waals surface area contributed by atoms with E-state index in [1.807, 2.05) is 78.9 Å². The van der Waals surface area contributed by atoms with Crippen LogP contribution in [0.2, 0.25) is 0 Å². The number of tetrazole rings is 1. The molecule has 160 valence electrons. The summed E-state index contributed by atoms with van der Waals surface area (Å²) in [5.74, 6) is -0.126. The predicted octanol–water partition coefficient (Wildman–Crippen LogP) is 2.44. The number of aromatic nitrogens is 4. The van der Waals surface area contributed by atoms with E-state index in [1.54, 1.807) is 0 Å². The number of aromatic amines is 1. The lowest BCUT2D eigenvalue weighted by atomic mass is 9.79. The van der Waals surface area contributed by atoms with Gasteiger partial charge in [-0.2, -0.15) is 0 Å². The summed E-state index contributed by atoms with van der Waals surface area (Å²) < 4.78 is 0. The number of primary amides is 1. The second-order valence-corrected chi connectivity index (χ2v) is 7.36. The lowest BCUT2D eigenvalue weighted by Crippen LogP contribution is -2.51. The van der Waals surface area contributed by atoms with E-state index in [0.29, 0.717) is 11.4 Å². The molecule has 0 fully saturated rings. The van der Waals surface area contributed by atoms with Crippen molar-refractivity contribution in [3.05, 3.63) is 90.0 Å². The number of nitrogens with zero attached hydrogens (tertiary/aromatic N) is 3. The highest BCUT2D eigenvalue weighted by molar-refractivity contribution is 5.92. The van der Waals surface area contributed by atoms with Gasteiger partial charge in [-0.15, -0.1) is 5.10 Å². The third-order valence-corrected chi connectivity index (χ3v) is 5.42. The van der Waals surface area contributed by atoms with Gasteiger partial charge in [-0.3, -0.25) is 14.9 Å². The van der Waals surface area contributed by atoms with E-state index in [0.717, 1.165) is 22.3 Å². The zero-order chi connectivity index (χ0) is 22.6. The third kappa shape index (κ3) is 3.91.